The van der Waals surface area contributed by atoms with Crippen LogP contribution in [0.5, 0.6) is 0 Å². The molecule has 1 heteroatoms. The first-order chi connectivity index (χ1) is 8.55. The van der Waals surface area contributed by atoms with E-state index in [-0.39, 0.29) is 0 Å². The Hall–Kier alpha value is -0.480. The lowest BCUT2D eigenvalue weighted by Crippen LogP contribution is -2.57. The molecule has 3 atom stereocenters. The largest absolute Gasteiger partial charge is 0.327 e. The molecule has 0 heterocycles. The van der Waals surface area contributed by atoms with E-state index >= 15 is 0 Å². The fourth-order valence-electron chi connectivity index (χ4n) is 5.89. The third-order valence-corrected chi connectivity index (χ3v) is 5.94. The van der Waals surface area contributed by atoms with Crippen LogP contribution in [0.1, 0.15) is 65.2 Å². The van der Waals surface area contributed by atoms with E-state index in [0.29, 0.717) is 16.9 Å². The van der Waals surface area contributed by atoms with Crippen LogP contribution in [0.15, 0.2) is 0 Å². The maximum atomic E-state index is 6.60. The lowest BCUT2D eigenvalue weighted by molar-refractivity contribution is -0.113. The average molecular weight is 245 g/mol. The summed E-state index contributed by atoms with van der Waals surface area (Å²) in [7, 11) is 0. The molecule has 4 saturated carbocycles. The number of nitrogens with two attached hydrogens (primary N) is 1. The molecule has 1 nitrogen and oxygen atoms in total. The Morgan fingerprint density at radius 2 is 1.89 bits per heavy atom. The van der Waals surface area contributed by atoms with Gasteiger partial charge in [-0.05, 0) is 74.5 Å². The van der Waals surface area contributed by atoms with Crippen molar-refractivity contribution in [3.63, 3.8) is 0 Å². The van der Waals surface area contributed by atoms with Crippen molar-refractivity contribution in [1.82, 2.24) is 0 Å². The Bertz CT molecular complexity index is 372. The van der Waals surface area contributed by atoms with Crippen LogP contribution in [0.2, 0.25) is 0 Å². The molecule has 3 unspecified atom stereocenters. The van der Waals surface area contributed by atoms with Gasteiger partial charge in [0.25, 0.3) is 0 Å². The van der Waals surface area contributed by atoms with Crippen LogP contribution in [-0.4, -0.2) is 6.04 Å². The Balaban J connectivity index is 1.75. The Morgan fingerprint density at radius 3 is 2.44 bits per heavy atom. The number of hydrogen-bond donors (Lipinski definition) is 1. The van der Waals surface area contributed by atoms with Gasteiger partial charge < -0.3 is 5.73 Å². The quantitative estimate of drug-likeness (QED) is 0.753. The van der Waals surface area contributed by atoms with E-state index in [9.17, 15) is 0 Å². The molecule has 0 aromatic carbocycles. The van der Waals surface area contributed by atoms with Crippen molar-refractivity contribution >= 4 is 0 Å². The van der Waals surface area contributed by atoms with Crippen molar-refractivity contribution in [2.45, 2.75) is 71.3 Å². The maximum absolute atomic E-state index is 6.60. The van der Waals surface area contributed by atoms with E-state index in [1.165, 1.54) is 38.5 Å². The van der Waals surface area contributed by atoms with Gasteiger partial charge in [0.05, 0.1) is 0 Å². The van der Waals surface area contributed by atoms with Crippen LogP contribution in [-0.2, 0) is 0 Å². The zero-order valence-corrected chi connectivity index (χ0v) is 12.0. The zero-order valence-electron chi connectivity index (χ0n) is 12.0. The minimum absolute atomic E-state index is 0.392. The summed E-state index contributed by atoms with van der Waals surface area (Å²) in [6.07, 6.45) is 10.8. The van der Waals surface area contributed by atoms with E-state index in [1.54, 1.807) is 0 Å². The highest BCUT2D eigenvalue weighted by Crippen LogP contribution is 2.66. The van der Waals surface area contributed by atoms with Crippen molar-refractivity contribution in [2.75, 3.05) is 0 Å². The molecule has 0 aromatic rings. The van der Waals surface area contributed by atoms with Gasteiger partial charge in [-0.15, -0.1) is 11.8 Å². The summed E-state index contributed by atoms with van der Waals surface area (Å²) in [5.74, 6) is 8.16. The smallest absolute Gasteiger partial charge is 0.0105 e. The van der Waals surface area contributed by atoms with Crippen LogP contribution in [0.25, 0.3) is 0 Å². The minimum atomic E-state index is 0.392. The summed E-state index contributed by atoms with van der Waals surface area (Å²) < 4.78 is 0. The standard InChI is InChI=1S/C17H27N/c1-3-4-5-6-15(18)17-10-13-7-14(11-17)9-16(2,8-13)12-17/h13-15H,5-12,18H2,1-2H3. The Labute approximate surface area is 112 Å². The molecule has 100 valence electrons. The van der Waals surface area contributed by atoms with E-state index < -0.39 is 0 Å². The molecule has 4 fully saturated rings. The molecule has 4 bridgehead atoms. The summed E-state index contributed by atoms with van der Waals surface area (Å²) in [5, 5.41) is 0. The van der Waals surface area contributed by atoms with Crippen LogP contribution in [0, 0.1) is 34.5 Å². The monoisotopic (exact) mass is 245 g/mol. The van der Waals surface area contributed by atoms with E-state index in [2.05, 4.69) is 18.8 Å². The molecule has 18 heavy (non-hydrogen) atoms. The molecule has 0 radical (unpaired) electrons. The number of rotatable bonds is 3. The van der Waals surface area contributed by atoms with Gasteiger partial charge in [0, 0.05) is 12.5 Å². The molecule has 0 saturated heterocycles. The van der Waals surface area contributed by atoms with Gasteiger partial charge in [-0.25, -0.2) is 0 Å². The number of hydrogen-bond acceptors (Lipinski definition) is 1. The highest BCUT2D eigenvalue weighted by Gasteiger charge is 2.57. The van der Waals surface area contributed by atoms with E-state index in [4.69, 9.17) is 5.73 Å². The second kappa shape index (κ2) is 4.27. The molecule has 4 aliphatic carbocycles. The second-order valence-electron chi connectivity index (χ2n) is 7.71. The predicted molar refractivity (Wildman–Crippen MR) is 75.9 cm³/mol. The second-order valence-corrected chi connectivity index (χ2v) is 7.71. The molecule has 0 aliphatic heterocycles. The van der Waals surface area contributed by atoms with Gasteiger partial charge in [-0.3, -0.25) is 0 Å². The third kappa shape index (κ3) is 1.99. The van der Waals surface area contributed by atoms with Gasteiger partial charge in [0.2, 0.25) is 0 Å². The molecule has 4 rings (SSSR count). The van der Waals surface area contributed by atoms with Gasteiger partial charge in [-0.1, -0.05) is 6.92 Å². The highest BCUT2D eigenvalue weighted by atomic mass is 14.7. The normalized spacial score (nSPS) is 46.6. The lowest BCUT2D eigenvalue weighted by atomic mass is 9.43. The molecule has 2 N–H and O–H groups in total. The fraction of sp³-hybridized carbons (Fsp3) is 0.882. The summed E-state index contributed by atoms with van der Waals surface area (Å²) in [5.41, 5.74) is 7.71. The summed E-state index contributed by atoms with van der Waals surface area (Å²) in [4.78, 5) is 0. The maximum Gasteiger partial charge on any atom is 0.0105 e. The first-order valence-corrected chi connectivity index (χ1v) is 7.70. The van der Waals surface area contributed by atoms with Crippen LogP contribution >= 0.6 is 0 Å². The fourth-order valence-corrected chi connectivity index (χ4v) is 5.89. The van der Waals surface area contributed by atoms with Crippen molar-refractivity contribution < 1.29 is 0 Å². The topological polar surface area (TPSA) is 26.0 Å². The summed E-state index contributed by atoms with van der Waals surface area (Å²) in [6, 6.07) is 0.392. The zero-order chi connectivity index (χ0) is 12.8. The van der Waals surface area contributed by atoms with Gasteiger partial charge >= 0.3 is 0 Å². The van der Waals surface area contributed by atoms with Crippen LogP contribution < -0.4 is 5.73 Å². The van der Waals surface area contributed by atoms with Gasteiger partial charge in [-0.2, -0.15) is 0 Å². The Morgan fingerprint density at radius 1 is 1.22 bits per heavy atom. The first-order valence-electron chi connectivity index (χ1n) is 7.70. The molecule has 0 spiro atoms. The Kier molecular flexibility index (Phi) is 2.98. The minimum Gasteiger partial charge on any atom is -0.327 e. The average Bonchev–Trinajstić information content (AvgIpc) is 2.25. The van der Waals surface area contributed by atoms with E-state index in [1.807, 2.05) is 6.92 Å². The molecule has 0 amide bonds. The van der Waals surface area contributed by atoms with Crippen LogP contribution in [0.4, 0.5) is 0 Å². The molecular weight excluding hydrogens is 218 g/mol. The first kappa shape index (κ1) is 12.5. The van der Waals surface area contributed by atoms with Gasteiger partial charge in [0.1, 0.15) is 0 Å². The third-order valence-electron chi connectivity index (χ3n) is 5.94. The van der Waals surface area contributed by atoms with Crippen molar-refractivity contribution in [1.29, 1.82) is 0 Å². The van der Waals surface area contributed by atoms with E-state index in [0.717, 1.165) is 24.7 Å². The van der Waals surface area contributed by atoms with Crippen molar-refractivity contribution in [3.8, 4) is 11.8 Å². The lowest BCUT2D eigenvalue weighted by Gasteiger charge is -2.63. The predicted octanol–water partition coefficient (Wildman–Crippen LogP) is 3.72. The molecule has 0 aromatic heterocycles. The molecule has 4 aliphatic rings. The SMILES string of the molecule is CC#CCCC(N)C12CC3CC(CC(C)(C3)C1)C2. The van der Waals surface area contributed by atoms with Crippen molar-refractivity contribution in [2.24, 2.45) is 28.4 Å². The van der Waals surface area contributed by atoms with Crippen LogP contribution in [0.3, 0.4) is 0 Å². The van der Waals surface area contributed by atoms with Gasteiger partial charge in [0.15, 0.2) is 0 Å². The summed E-state index contributed by atoms with van der Waals surface area (Å²) in [6.45, 7) is 4.45. The molecular formula is C17H27N. The van der Waals surface area contributed by atoms with Crippen molar-refractivity contribution in [3.05, 3.63) is 0 Å². The summed E-state index contributed by atoms with van der Waals surface area (Å²) >= 11 is 0. The highest BCUT2D eigenvalue weighted by molar-refractivity contribution is 5.10.